The van der Waals surface area contributed by atoms with E-state index in [-0.39, 0.29) is 30.6 Å². The Balaban J connectivity index is 2.61. The highest BCUT2D eigenvalue weighted by Gasteiger charge is 2.30. The number of hydrogen-bond acceptors (Lipinski definition) is 7. The molecule has 238 valence electrons. The number of benzene rings is 1. The second-order valence-corrected chi connectivity index (χ2v) is 12.6. The van der Waals surface area contributed by atoms with Crippen LogP contribution >= 0.6 is 8.53 Å². The number of rotatable bonds is 25. The van der Waals surface area contributed by atoms with Gasteiger partial charge in [0.25, 0.3) is 8.53 Å². The maximum atomic E-state index is 13.0. The highest BCUT2D eigenvalue weighted by atomic mass is 31.2. The van der Waals surface area contributed by atoms with Gasteiger partial charge in [-0.2, -0.15) is 0 Å². The van der Waals surface area contributed by atoms with Crippen LogP contribution in [0.15, 0.2) is 24.3 Å². The molecular formula is C33H61N2O5P. The lowest BCUT2D eigenvalue weighted by Crippen LogP contribution is -2.47. The second-order valence-electron chi connectivity index (χ2n) is 11.8. The van der Waals surface area contributed by atoms with Gasteiger partial charge >= 0.3 is 5.97 Å². The quantitative estimate of drug-likeness (QED) is 0.0504. The van der Waals surface area contributed by atoms with Crippen LogP contribution in [0.3, 0.4) is 0 Å². The summed E-state index contributed by atoms with van der Waals surface area (Å²) >= 11 is 0. The molecule has 0 aliphatic heterocycles. The van der Waals surface area contributed by atoms with Gasteiger partial charge in [0, 0.05) is 12.1 Å². The van der Waals surface area contributed by atoms with Crippen LogP contribution in [0, 0.1) is 0 Å². The Morgan fingerprint density at radius 1 is 0.780 bits per heavy atom. The monoisotopic (exact) mass is 596 g/mol. The smallest absolute Gasteiger partial charge is 0.313 e. The lowest BCUT2D eigenvalue weighted by Gasteiger charge is -2.39. The summed E-state index contributed by atoms with van der Waals surface area (Å²) in [5.74, 6) is -0.569. The van der Waals surface area contributed by atoms with Crippen molar-refractivity contribution in [3.63, 3.8) is 0 Å². The van der Waals surface area contributed by atoms with Gasteiger partial charge in [0.05, 0.1) is 19.1 Å². The predicted molar refractivity (Wildman–Crippen MR) is 171 cm³/mol. The summed E-state index contributed by atoms with van der Waals surface area (Å²) in [6, 6.07) is 7.80. The van der Waals surface area contributed by atoms with E-state index >= 15 is 0 Å². The first kappa shape index (κ1) is 37.9. The van der Waals surface area contributed by atoms with Crippen LogP contribution < -0.4 is 0 Å². The van der Waals surface area contributed by atoms with Crippen molar-refractivity contribution < 1.29 is 24.2 Å². The molecule has 0 amide bonds. The molecule has 0 bridgehead atoms. The molecule has 0 spiro atoms. The van der Waals surface area contributed by atoms with Crippen LogP contribution in [-0.2, 0) is 21.0 Å². The Morgan fingerprint density at radius 2 is 1.27 bits per heavy atom. The van der Waals surface area contributed by atoms with Crippen molar-refractivity contribution in [2.75, 3.05) is 6.61 Å². The van der Waals surface area contributed by atoms with E-state index in [1.54, 1.807) is 0 Å². The van der Waals surface area contributed by atoms with E-state index in [9.17, 15) is 14.6 Å². The number of esters is 1. The average Bonchev–Trinajstić information content (AvgIpc) is 2.93. The van der Waals surface area contributed by atoms with Gasteiger partial charge in [0.2, 0.25) is 0 Å². The van der Waals surface area contributed by atoms with Crippen molar-refractivity contribution in [1.82, 2.24) is 9.95 Å². The average molecular weight is 597 g/mol. The summed E-state index contributed by atoms with van der Waals surface area (Å²) in [5.41, 5.74) is 1.74. The minimum atomic E-state index is -2.49. The first-order valence-corrected chi connectivity index (χ1v) is 17.6. The normalized spacial score (nSPS) is 12.8. The summed E-state index contributed by atoms with van der Waals surface area (Å²) in [6.07, 6.45) is 18.9. The molecule has 1 aromatic carbocycles. The van der Waals surface area contributed by atoms with Crippen molar-refractivity contribution >= 4 is 14.5 Å². The lowest BCUT2D eigenvalue weighted by molar-refractivity contribution is -0.253. The molecule has 0 aliphatic carbocycles. The van der Waals surface area contributed by atoms with E-state index in [1.165, 1.54) is 82.0 Å². The minimum Gasteiger partial charge on any atom is -0.466 e. The molecule has 1 unspecified atom stereocenters. The molecule has 0 saturated heterocycles. The van der Waals surface area contributed by atoms with Gasteiger partial charge in [-0.25, -0.2) is 5.01 Å². The zero-order chi connectivity index (χ0) is 30.5. The van der Waals surface area contributed by atoms with Gasteiger partial charge < -0.3 is 14.5 Å². The Morgan fingerprint density at radius 3 is 1.73 bits per heavy atom. The molecule has 0 radical (unpaired) electrons. The number of ether oxygens (including phenoxy) is 1. The fourth-order valence-corrected chi connectivity index (χ4v) is 6.28. The first-order valence-electron chi connectivity index (χ1n) is 16.4. The Bertz CT molecular complexity index is 785. The summed E-state index contributed by atoms with van der Waals surface area (Å²) in [5, 5.41) is 1.81. The number of hydrazine groups is 1. The molecule has 1 atom stereocenters. The van der Waals surface area contributed by atoms with E-state index in [0.29, 0.717) is 6.61 Å². The van der Waals surface area contributed by atoms with Gasteiger partial charge in [-0.15, -0.1) is 0 Å². The van der Waals surface area contributed by atoms with Gasteiger partial charge in [-0.3, -0.25) is 9.63 Å². The summed E-state index contributed by atoms with van der Waals surface area (Å²) < 4.78 is 5.47. The Kier molecular flexibility index (Phi) is 21.6. The Hall–Kier alpha value is -1.08. The molecule has 2 N–H and O–H groups in total. The number of hydrogen-bond donors (Lipinski definition) is 2. The minimum absolute atomic E-state index is 0.0159. The van der Waals surface area contributed by atoms with Gasteiger partial charge in [0.15, 0.2) is 0 Å². The van der Waals surface area contributed by atoms with Gasteiger partial charge in [-0.05, 0) is 57.1 Å². The van der Waals surface area contributed by atoms with Crippen LogP contribution in [0.2, 0.25) is 0 Å². The summed E-state index contributed by atoms with van der Waals surface area (Å²) in [7, 11) is -2.49. The molecule has 1 rings (SSSR count). The number of carbonyl (C=O) groups is 1. The predicted octanol–water partition coefficient (Wildman–Crippen LogP) is 9.18. The molecule has 0 aromatic heterocycles. The van der Waals surface area contributed by atoms with Crippen LogP contribution in [0.25, 0.3) is 0 Å². The van der Waals surface area contributed by atoms with E-state index in [0.717, 1.165) is 30.4 Å². The highest BCUT2D eigenvalue weighted by molar-refractivity contribution is 7.42. The third-order valence-electron chi connectivity index (χ3n) is 7.59. The van der Waals surface area contributed by atoms with Crippen molar-refractivity contribution in [1.29, 1.82) is 0 Å². The standard InChI is InChI=1S/C33H61N2O5P/c1-7-9-10-11-12-13-14-15-16-17-18-19-20-21-26-32(33(36)39-8-2)31-25-23-22-24-30(31)27-40-35(41(37)38)34(28(3)4)29(5)6/h22-25,28-29,32,37-38H,7-21,26-27H2,1-6H3. The lowest BCUT2D eigenvalue weighted by atomic mass is 9.89. The molecule has 7 nitrogen and oxygen atoms in total. The zero-order valence-electron chi connectivity index (χ0n) is 27.0. The maximum Gasteiger partial charge on any atom is 0.313 e. The third-order valence-corrected chi connectivity index (χ3v) is 8.22. The second kappa shape index (κ2) is 23.4. The zero-order valence-corrected chi connectivity index (χ0v) is 27.9. The van der Waals surface area contributed by atoms with Crippen molar-refractivity contribution in [3.8, 4) is 0 Å². The molecule has 0 heterocycles. The molecule has 1 aromatic rings. The summed E-state index contributed by atoms with van der Waals surface area (Å²) in [6.45, 7) is 12.5. The van der Waals surface area contributed by atoms with Crippen LogP contribution in [0.1, 0.15) is 155 Å². The van der Waals surface area contributed by atoms with Crippen LogP contribution in [0.5, 0.6) is 0 Å². The van der Waals surface area contributed by atoms with Crippen LogP contribution in [-0.4, -0.2) is 44.4 Å². The van der Waals surface area contributed by atoms with Crippen molar-refractivity contribution in [3.05, 3.63) is 35.4 Å². The third kappa shape index (κ3) is 15.8. The number of nitrogens with zero attached hydrogens (tertiary/aromatic N) is 2. The van der Waals surface area contributed by atoms with E-state index < -0.39 is 8.53 Å². The maximum absolute atomic E-state index is 13.0. The van der Waals surface area contributed by atoms with Crippen molar-refractivity contribution in [2.24, 2.45) is 0 Å². The Labute approximate surface area is 252 Å². The first-order chi connectivity index (χ1) is 19.7. The molecule has 0 saturated carbocycles. The van der Waals surface area contributed by atoms with E-state index in [1.807, 2.05) is 63.9 Å². The van der Waals surface area contributed by atoms with Crippen LogP contribution in [0.4, 0.5) is 0 Å². The van der Waals surface area contributed by atoms with Gasteiger partial charge in [-0.1, -0.05) is 121 Å². The van der Waals surface area contributed by atoms with Gasteiger partial charge in [0.1, 0.15) is 0 Å². The molecule has 0 fully saturated rings. The fourth-order valence-electron chi connectivity index (χ4n) is 5.52. The SMILES string of the molecule is CCCCCCCCCCCCCCCCC(C(=O)OCC)c1ccccc1CON(N(C(C)C)C(C)C)P(O)O. The van der Waals surface area contributed by atoms with E-state index in [4.69, 9.17) is 9.57 Å². The van der Waals surface area contributed by atoms with Crippen molar-refractivity contribution in [2.45, 2.75) is 162 Å². The molecular weight excluding hydrogens is 535 g/mol. The summed E-state index contributed by atoms with van der Waals surface area (Å²) in [4.78, 5) is 40.4. The molecule has 0 aliphatic rings. The number of carbonyl (C=O) groups excluding carboxylic acids is 1. The molecule has 8 heteroatoms. The fraction of sp³-hybridized carbons (Fsp3) is 0.788. The molecule has 41 heavy (non-hydrogen) atoms. The largest absolute Gasteiger partial charge is 0.466 e. The topological polar surface area (TPSA) is 82.5 Å². The highest BCUT2D eigenvalue weighted by Crippen LogP contribution is 2.36. The number of unbranched alkanes of at least 4 members (excludes halogenated alkanes) is 13. The van der Waals surface area contributed by atoms with E-state index in [2.05, 4.69) is 6.92 Å².